The number of ether oxygens (including phenoxy) is 2. The number of hydrogen-bond donors (Lipinski definition) is 1. The molecule has 0 fully saturated rings. The Hall–Kier alpha value is -3.10. The highest BCUT2D eigenvalue weighted by Gasteiger charge is 2.19. The summed E-state index contributed by atoms with van der Waals surface area (Å²) < 4.78 is 11.0. The van der Waals surface area contributed by atoms with Crippen LogP contribution >= 0.6 is 0 Å². The van der Waals surface area contributed by atoms with E-state index in [1.54, 1.807) is 6.20 Å². The van der Waals surface area contributed by atoms with Gasteiger partial charge in [-0.15, -0.1) is 0 Å². The van der Waals surface area contributed by atoms with Crippen molar-refractivity contribution in [2.75, 3.05) is 13.9 Å². The zero-order chi connectivity index (χ0) is 20.9. The number of rotatable bonds is 2. The summed E-state index contributed by atoms with van der Waals surface area (Å²) in [5, 5.41) is 17.4. The van der Waals surface area contributed by atoms with Crippen LogP contribution in [0.3, 0.4) is 0 Å². The lowest BCUT2D eigenvalue weighted by Gasteiger charge is -2.10. The highest BCUT2D eigenvalue weighted by Crippen LogP contribution is 2.37. The van der Waals surface area contributed by atoms with Crippen molar-refractivity contribution in [2.24, 2.45) is 0 Å². The maximum absolute atomic E-state index is 9.40. The summed E-state index contributed by atoms with van der Waals surface area (Å²) in [7, 11) is 1.00. The predicted octanol–water partition coefficient (Wildman–Crippen LogP) is 5.09. The Kier molecular flexibility index (Phi) is 10.1. The van der Waals surface area contributed by atoms with Gasteiger partial charge in [0.15, 0.2) is 11.5 Å². The van der Waals surface area contributed by atoms with Gasteiger partial charge in [-0.25, -0.2) is 0 Å². The second kappa shape index (κ2) is 12.3. The lowest BCUT2D eigenvalue weighted by molar-refractivity contribution is 0.173. The molecule has 0 bridgehead atoms. The molecule has 2 heterocycles. The molecule has 148 valence electrons. The first-order valence-electron chi connectivity index (χ1n) is 9.46. The fourth-order valence-electron chi connectivity index (χ4n) is 2.81. The van der Waals surface area contributed by atoms with E-state index in [0.717, 1.165) is 40.6 Å². The second-order valence-electron chi connectivity index (χ2n) is 5.11. The number of aromatic nitrogens is 1. The molecule has 3 aromatic rings. The normalized spacial score (nSPS) is 10.3. The highest BCUT2D eigenvalue weighted by atomic mass is 16.7. The lowest BCUT2D eigenvalue weighted by Crippen LogP contribution is -1.98. The molecule has 4 rings (SSSR count). The molecule has 2 aromatic carbocycles. The Morgan fingerprint density at radius 1 is 1.00 bits per heavy atom. The number of nitrogens with zero attached hydrogens (tertiary/aromatic N) is 2. The van der Waals surface area contributed by atoms with E-state index in [0.29, 0.717) is 12.0 Å². The van der Waals surface area contributed by atoms with Gasteiger partial charge >= 0.3 is 0 Å². The zero-order valence-electron chi connectivity index (χ0n) is 17.2. The molecular formula is C23H28N2O3. The van der Waals surface area contributed by atoms with Crippen LogP contribution in [-0.2, 0) is 6.42 Å². The summed E-state index contributed by atoms with van der Waals surface area (Å²) >= 11 is 0. The third-order valence-corrected chi connectivity index (χ3v) is 3.85. The highest BCUT2D eigenvalue weighted by molar-refractivity contribution is 5.84. The fraction of sp³-hybridized carbons (Fsp3) is 0.304. The Morgan fingerprint density at radius 3 is 2.43 bits per heavy atom. The maximum Gasteiger partial charge on any atom is 0.231 e. The molecule has 0 saturated heterocycles. The molecule has 1 aliphatic heterocycles. The smallest absolute Gasteiger partial charge is 0.231 e. The topological polar surface area (TPSA) is 75.4 Å². The van der Waals surface area contributed by atoms with Gasteiger partial charge in [-0.2, -0.15) is 5.26 Å². The summed E-state index contributed by atoms with van der Waals surface area (Å²) in [6.45, 7) is 8.24. The first kappa shape index (κ1) is 22.9. The van der Waals surface area contributed by atoms with Crippen molar-refractivity contribution in [2.45, 2.75) is 34.1 Å². The van der Waals surface area contributed by atoms with E-state index in [1.165, 1.54) is 0 Å². The van der Waals surface area contributed by atoms with Crippen LogP contribution in [0.4, 0.5) is 0 Å². The Bertz CT molecular complexity index is 917. The molecule has 0 atom stereocenters. The van der Waals surface area contributed by atoms with Crippen LogP contribution in [0.15, 0.2) is 48.7 Å². The van der Waals surface area contributed by atoms with Crippen LogP contribution in [0.2, 0.25) is 0 Å². The molecule has 0 spiro atoms. The van der Waals surface area contributed by atoms with Crippen LogP contribution in [0.1, 0.15) is 44.4 Å². The summed E-state index contributed by atoms with van der Waals surface area (Å²) in [5.41, 5.74) is 3.47. The molecule has 0 saturated carbocycles. The summed E-state index contributed by atoms with van der Waals surface area (Å²) in [4.78, 5) is 4.35. The molecule has 5 nitrogen and oxygen atoms in total. The van der Waals surface area contributed by atoms with Gasteiger partial charge in [0.1, 0.15) is 6.07 Å². The number of aliphatic hydroxyl groups excluding tert-OH is 1. The average Bonchev–Trinajstić information content (AvgIpc) is 3.28. The SMILES string of the molecule is CC.CC.CO.N#Cc1cnc2ccccc2c1Cc1cccc2c1OCO2. The number of fused-ring (bicyclic) bond motifs is 2. The van der Waals surface area contributed by atoms with Crippen LogP contribution in [0.5, 0.6) is 11.5 Å². The van der Waals surface area contributed by atoms with Crippen molar-refractivity contribution in [1.29, 1.82) is 5.26 Å². The van der Waals surface area contributed by atoms with E-state index >= 15 is 0 Å². The van der Waals surface area contributed by atoms with Crippen molar-refractivity contribution in [3.8, 4) is 17.6 Å². The van der Waals surface area contributed by atoms with Crippen molar-refractivity contribution in [3.05, 3.63) is 65.4 Å². The number of aliphatic hydroxyl groups is 1. The van der Waals surface area contributed by atoms with Crippen molar-refractivity contribution < 1.29 is 14.6 Å². The lowest BCUT2D eigenvalue weighted by atomic mass is 9.96. The Labute approximate surface area is 167 Å². The third kappa shape index (κ3) is 4.99. The van der Waals surface area contributed by atoms with E-state index in [9.17, 15) is 5.26 Å². The second-order valence-corrected chi connectivity index (χ2v) is 5.11. The molecule has 0 radical (unpaired) electrons. The molecule has 28 heavy (non-hydrogen) atoms. The van der Waals surface area contributed by atoms with E-state index in [1.807, 2.05) is 70.2 Å². The standard InChI is InChI=1S/C18H12N2O2.2C2H6.CH4O/c19-9-13-10-20-16-6-2-1-5-14(16)15(13)8-12-4-3-7-17-18(12)22-11-21-17;3*1-2/h1-7,10H,8,11H2;2*1-2H3;2H,1H3. The molecule has 1 aliphatic rings. The Morgan fingerprint density at radius 2 is 1.71 bits per heavy atom. The Balaban J connectivity index is 0.000000599. The minimum atomic E-state index is 0.245. The van der Waals surface area contributed by atoms with Gasteiger partial charge in [0.05, 0.1) is 11.1 Å². The van der Waals surface area contributed by atoms with Crippen molar-refractivity contribution in [3.63, 3.8) is 0 Å². The molecule has 0 amide bonds. The first-order valence-corrected chi connectivity index (χ1v) is 9.46. The van der Waals surface area contributed by atoms with E-state index < -0.39 is 0 Å². The number of para-hydroxylation sites is 2. The van der Waals surface area contributed by atoms with Crippen molar-refractivity contribution >= 4 is 10.9 Å². The first-order chi connectivity index (χ1) is 13.9. The number of pyridine rings is 1. The van der Waals surface area contributed by atoms with Gasteiger partial charge in [0, 0.05) is 30.7 Å². The number of hydrogen-bond acceptors (Lipinski definition) is 5. The predicted molar refractivity (Wildman–Crippen MR) is 113 cm³/mol. The minimum absolute atomic E-state index is 0.245. The van der Waals surface area contributed by atoms with E-state index in [4.69, 9.17) is 14.6 Å². The summed E-state index contributed by atoms with van der Waals surface area (Å²) in [6.07, 6.45) is 2.25. The monoisotopic (exact) mass is 380 g/mol. The van der Waals surface area contributed by atoms with Crippen LogP contribution < -0.4 is 9.47 Å². The van der Waals surface area contributed by atoms with Gasteiger partial charge in [0.2, 0.25) is 6.79 Å². The van der Waals surface area contributed by atoms with Crippen LogP contribution in [0, 0.1) is 11.3 Å². The maximum atomic E-state index is 9.40. The van der Waals surface area contributed by atoms with Gasteiger partial charge < -0.3 is 14.6 Å². The molecule has 0 aliphatic carbocycles. The summed E-state index contributed by atoms with van der Waals surface area (Å²) in [6, 6.07) is 15.9. The minimum Gasteiger partial charge on any atom is -0.454 e. The molecule has 1 aromatic heterocycles. The molecule has 0 unspecified atom stereocenters. The number of benzene rings is 2. The van der Waals surface area contributed by atoms with E-state index in [2.05, 4.69) is 11.1 Å². The molecule has 5 heteroatoms. The molecule has 1 N–H and O–H groups in total. The van der Waals surface area contributed by atoms with Crippen LogP contribution in [-0.4, -0.2) is 24.0 Å². The van der Waals surface area contributed by atoms with Gasteiger partial charge in [-0.05, 0) is 17.7 Å². The number of nitriles is 1. The quantitative estimate of drug-likeness (QED) is 0.670. The average molecular weight is 380 g/mol. The van der Waals surface area contributed by atoms with E-state index in [-0.39, 0.29) is 6.79 Å². The molecular weight excluding hydrogens is 352 g/mol. The van der Waals surface area contributed by atoms with Gasteiger partial charge in [0.25, 0.3) is 0 Å². The van der Waals surface area contributed by atoms with Gasteiger partial charge in [-0.1, -0.05) is 58.0 Å². The zero-order valence-corrected chi connectivity index (χ0v) is 17.2. The van der Waals surface area contributed by atoms with Crippen LogP contribution in [0.25, 0.3) is 10.9 Å². The fourth-order valence-corrected chi connectivity index (χ4v) is 2.81. The van der Waals surface area contributed by atoms with Crippen molar-refractivity contribution in [1.82, 2.24) is 4.98 Å². The summed E-state index contributed by atoms with van der Waals surface area (Å²) in [5.74, 6) is 1.53. The largest absolute Gasteiger partial charge is 0.454 e. The third-order valence-electron chi connectivity index (χ3n) is 3.85. The van der Waals surface area contributed by atoms with Gasteiger partial charge in [-0.3, -0.25) is 4.98 Å².